The van der Waals surface area contributed by atoms with Crippen LogP contribution >= 0.6 is 0 Å². The Morgan fingerprint density at radius 1 is 1.37 bits per heavy atom. The summed E-state index contributed by atoms with van der Waals surface area (Å²) in [7, 11) is 1.69. The fourth-order valence-corrected chi connectivity index (χ4v) is 3.62. The van der Waals surface area contributed by atoms with Crippen molar-refractivity contribution in [3.63, 3.8) is 0 Å². The summed E-state index contributed by atoms with van der Waals surface area (Å²) in [6.45, 7) is 2.93. The average Bonchev–Trinajstić information content (AvgIpc) is 2.92. The number of hydrogen-bond acceptors (Lipinski definition) is 4. The van der Waals surface area contributed by atoms with Gasteiger partial charge in [-0.1, -0.05) is 0 Å². The smallest absolute Gasteiger partial charge is 0.123 e. The lowest BCUT2D eigenvalue weighted by atomic mass is 10.00. The quantitative estimate of drug-likeness (QED) is 0.810. The molecule has 1 heterocycles. The van der Waals surface area contributed by atoms with Crippen LogP contribution in [0, 0.1) is 11.8 Å². The summed E-state index contributed by atoms with van der Waals surface area (Å²) in [6, 6.07) is 5.78. The van der Waals surface area contributed by atoms with Crippen molar-refractivity contribution in [1.82, 2.24) is 4.90 Å². The molecule has 1 saturated carbocycles. The van der Waals surface area contributed by atoms with Gasteiger partial charge in [0, 0.05) is 36.8 Å². The standard InChI is InChI=1S/C15H22N2O2/c1-19-15-5-3-12(16)6-11(15)8-17-7-10-2-4-14(18)13(10)9-17/h3,5-6,10,13-14,18H,2,4,7-9,16H2,1H3. The predicted octanol–water partition coefficient (Wildman–Crippen LogP) is 1.48. The first kappa shape index (κ1) is 12.8. The van der Waals surface area contributed by atoms with Crippen LogP contribution in [0.3, 0.4) is 0 Å². The lowest BCUT2D eigenvalue weighted by Gasteiger charge is -2.19. The number of rotatable bonds is 3. The number of methoxy groups -OCH3 is 1. The third-order valence-electron chi connectivity index (χ3n) is 4.59. The van der Waals surface area contributed by atoms with Crippen molar-refractivity contribution in [2.45, 2.75) is 25.5 Å². The average molecular weight is 262 g/mol. The first-order valence-corrected chi connectivity index (χ1v) is 7.00. The Hall–Kier alpha value is -1.26. The molecule has 4 heteroatoms. The Kier molecular flexibility index (Phi) is 3.37. The van der Waals surface area contributed by atoms with E-state index in [-0.39, 0.29) is 6.10 Å². The lowest BCUT2D eigenvalue weighted by Crippen LogP contribution is -2.24. The largest absolute Gasteiger partial charge is 0.496 e. The van der Waals surface area contributed by atoms with Crippen molar-refractivity contribution in [2.24, 2.45) is 11.8 Å². The van der Waals surface area contributed by atoms with Crippen LogP contribution in [0.1, 0.15) is 18.4 Å². The number of nitrogens with zero attached hydrogens (tertiary/aromatic N) is 1. The molecular formula is C15H22N2O2. The summed E-state index contributed by atoms with van der Waals surface area (Å²) >= 11 is 0. The van der Waals surface area contributed by atoms with Gasteiger partial charge in [-0.25, -0.2) is 0 Å². The molecule has 2 aliphatic rings. The third-order valence-corrected chi connectivity index (χ3v) is 4.59. The van der Waals surface area contributed by atoms with Gasteiger partial charge in [0.05, 0.1) is 13.2 Å². The van der Waals surface area contributed by atoms with E-state index in [9.17, 15) is 5.11 Å². The van der Waals surface area contributed by atoms with Crippen LogP contribution in [0.2, 0.25) is 0 Å². The van der Waals surface area contributed by atoms with Gasteiger partial charge in [0.2, 0.25) is 0 Å². The molecule has 3 N–H and O–H groups in total. The number of fused-ring (bicyclic) bond motifs is 1. The molecule has 1 aliphatic carbocycles. The van der Waals surface area contributed by atoms with Crippen LogP contribution in [0.25, 0.3) is 0 Å². The summed E-state index contributed by atoms with van der Waals surface area (Å²) in [5.41, 5.74) is 7.77. The number of anilines is 1. The maximum absolute atomic E-state index is 9.96. The highest BCUT2D eigenvalue weighted by molar-refractivity contribution is 5.47. The Labute approximate surface area is 114 Å². The van der Waals surface area contributed by atoms with Crippen LogP contribution < -0.4 is 10.5 Å². The van der Waals surface area contributed by atoms with Crippen molar-refractivity contribution in [3.8, 4) is 5.75 Å². The van der Waals surface area contributed by atoms with E-state index in [4.69, 9.17) is 10.5 Å². The van der Waals surface area contributed by atoms with Gasteiger partial charge in [-0.15, -0.1) is 0 Å². The molecule has 0 radical (unpaired) electrons. The second kappa shape index (κ2) is 5.02. The van der Waals surface area contributed by atoms with Gasteiger partial charge in [0.1, 0.15) is 5.75 Å². The van der Waals surface area contributed by atoms with Crippen molar-refractivity contribution in [1.29, 1.82) is 0 Å². The minimum atomic E-state index is -0.0993. The van der Waals surface area contributed by atoms with E-state index in [1.165, 1.54) is 0 Å². The predicted molar refractivity (Wildman–Crippen MR) is 74.9 cm³/mol. The van der Waals surface area contributed by atoms with Crippen LogP contribution in [-0.4, -0.2) is 36.3 Å². The highest BCUT2D eigenvalue weighted by atomic mass is 16.5. The zero-order valence-corrected chi connectivity index (χ0v) is 11.4. The molecule has 3 unspecified atom stereocenters. The molecule has 0 amide bonds. The van der Waals surface area contributed by atoms with Crippen LogP contribution in [0.4, 0.5) is 5.69 Å². The highest BCUT2D eigenvalue weighted by Gasteiger charge is 2.41. The summed E-state index contributed by atoms with van der Waals surface area (Å²) in [5, 5.41) is 9.96. The minimum absolute atomic E-state index is 0.0993. The molecule has 2 fully saturated rings. The Morgan fingerprint density at radius 2 is 2.21 bits per heavy atom. The SMILES string of the molecule is COc1ccc(N)cc1CN1CC2CCC(O)C2C1. The summed E-state index contributed by atoms with van der Waals surface area (Å²) in [4.78, 5) is 2.41. The zero-order valence-electron chi connectivity index (χ0n) is 11.4. The van der Waals surface area contributed by atoms with E-state index in [0.29, 0.717) is 11.8 Å². The zero-order chi connectivity index (χ0) is 13.4. The number of hydrogen-bond donors (Lipinski definition) is 2. The van der Waals surface area contributed by atoms with E-state index in [1.807, 2.05) is 18.2 Å². The van der Waals surface area contributed by atoms with Gasteiger partial charge >= 0.3 is 0 Å². The molecule has 4 nitrogen and oxygen atoms in total. The first-order chi connectivity index (χ1) is 9.17. The van der Waals surface area contributed by atoms with Gasteiger partial charge in [-0.2, -0.15) is 0 Å². The molecule has 104 valence electrons. The lowest BCUT2D eigenvalue weighted by molar-refractivity contribution is 0.123. The maximum atomic E-state index is 9.96. The van der Waals surface area contributed by atoms with Crippen molar-refractivity contribution in [2.75, 3.05) is 25.9 Å². The second-order valence-corrected chi connectivity index (χ2v) is 5.83. The monoisotopic (exact) mass is 262 g/mol. The van der Waals surface area contributed by atoms with E-state index in [1.54, 1.807) is 7.11 Å². The summed E-state index contributed by atoms with van der Waals surface area (Å²) in [6.07, 6.45) is 2.04. The third kappa shape index (κ3) is 2.42. The molecule has 1 saturated heterocycles. The summed E-state index contributed by atoms with van der Waals surface area (Å²) in [5.74, 6) is 2.03. The number of likely N-dealkylation sites (tertiary alicyclic amines) is 1. The van der Waals surface area contributed by atoms with Gasteiger partial charge in [-0.3, -0.25) is 4.90 Å². The normalized spacial score (nSPS) is 30.5. The highest BCUT2D eigenvalue weighted by Crippen LogP contribution is 2.39. The van der Waals surface area contributed by atoms with Crippen molar-refractivity contribution >= 4 is 5.69 Å². The first-order valence-electron chi connectivity index (χ1n) is 7.00. The topological polar surface area (TPSA) is 58.7 Å². The molecular weight excluding hydrogens is 240 g/mol. The molecule has 0 spiro atoms. The van der Waals surface area contributed by atoms with E-state index < -0.39 is 0 Å². The number of benzene rings is 1. The fraction of sp³-hybridized carbons (Fsp3) is 0.600. The molecule has 19 heavy (non-hydrogen) atoms. The molecule has 1 aromatic carbocycles. The minimum Gasteiger partial charge on any atom is -0.496 e. The van der Waals surface area contributed by atoms with Gasteiger partial charge in [0.25, 0.3) is 0 Å². The molecule has 3 rings (SSSR count). The Bertz CT molecular complexity index is 463. The van der Waals surface area contributed by atoms with E-state index >= 15 is 0 Å². The molecule has 3 atom stereocenters. The van der Waals surface area contributed by atoms with Crippen molar-refractivity contribution < 1.29 is 9.84 Å². The van der Waals surface area contributed by atoms with Crippen LogP contribution in [0.5, 0.6) is 5.75 Å². The van der Waals surface area contributed by atoms with Crippen molar-refractivity contribution in [3.05, 3.63) is 23.8 Å². The second-order valence-electron chi connectivity index (χ2n) is 5.83. The number of aliphatic hydroxyl groups excluding tert-OH is 1. The van der Waals surface area contributed by atoms with E-state index in [2.05, 4.69) is 4.90 Å². The molecule has 0 aromatic heterocycles. The Balaban J connectivity index is 1.71. The van der Waals surface area contributed by atoms with Gasteiger partial charge < -0.3 is 15.6 Å². The van der Waals surface area contributed by atoms with Gasteiger partial charge in [0.15, 0.2) is 0 Å². The maximum Gasteiger partial charge on any atom is 0.123 e. The number of nitrogens with two attached hydrogens (primary N) is 1. The number of aliphatic hydroxyl groups is 1. The Morgan fingerprint density at radius 3 is 2.95 bits per heavy atom. The molecule has 1 aliphatic heterocycles. The van der Waals surface area contributed by atoms with Crippen LogP contribution in [0.15, 0.2) is 18.2 Å². The molecule has 0 bridgehead atoms. The number of ether oxygens (including phenoxy) is 1. The number of nitrogen functional groups attached to an aromatic ring is 1. The van der Waals surface area contributed by atoms with Crippen LogP contribution in [-0.2, 0) is 6.54 Å². The van der Waals surface area contributed by atoms with E-state index in [0.717, 1.165) is 49.5 Å². The fourth-order valence-electron chi connectivity index (χ4n) is 3.62. The van der Waals surface area contributed by atoms with Gasteiger partial charge in [-0.05, 0) is 37.0 Å². The summed E-state index contributed by atoms with van der Waals surface area (Å²) < 4.78 is 5.39. The molecule has 1 aromatic rings.